The third-order valence-electron chi connectivity index (χ3n) is 6.97. The van der Waals surface area contributed by atoms with Crippen LogP contribution in [0.2, 0.25) is 10.0 Å². The number of aromatic nitrogens is 1. The van der Waals surface area contributed by atoms with Crippen molar-refractivity contribution >= 4 is 57.3 Å². The Morgan fingerprint density at radius 3 is 2.59 bits per heavy atom. The Morgan fingerprint density at radius 1 is 1.05 bits per heavy atom. The van der Waals surface area contributed by atoms with Gasteiger partial charge in [-0.3, -0.25) is 0 Å². The first-order valence-corrected chi connectivity index (χ1v) is 12.9. The zero-order chi connectivity index (χ0) is 26.0. The topological polar surface area (TPSA) is 74.7 Å². The summed E-state index contributed by atoms with van der Waals surface area (Å²) in [4.78, 5) is 19.6. The molecule has 5 rings (SSSR count). The molecule has 2 heterocycles. The number of pyridine rings is 1. The van der Waals surface area contributed by atoms with Gasteiger partial charge in [0.05, 0.1) is 28.4 Å². The molecule has 37 heavy (non-hydrogen) atoms. The van der Waals surface area contributed by atoms with Crippen LogP contribution in [-0.4, -0.2) is 35.3 Å². The molecule has 0 radical (unpaired) electrons. The minimum absolute atomic E-state index is 0.424. The van der Waals surface area contributed by atoms with Crippen LogP contribution >= 0.6 is 23.2 Å². The van der Waals surface area contributed by atoms with Gasteiger partial charge in [-0.25, -0.2) is 9.78 Å². The number of carboxylic acids is 1. The first-order chi connectivity index (χ1) is 17.9. The van der Waals surface area contributed by atoms with Crippen LogP contribution in [0.5, 0.6) is 5.75 Å². The van der Waals surface area contributed by atoms with E-state index in [1.807, 2.05) is 65.6 Å². The molecule has 3 aromatic carbocycles. The lowest BCUT2D eigenvalue weighted by Gasteiger charge is -2.46. The normalized spacial score (nSPS) is 17.5. The lowest BCUT2D eigenvalue weighted by atomic mass is 9.80. The van der Waals surface area contributed by atoms with E-state index in [0.29, 0.717) is 46.7 Å². The highest BCUT2D eigenvalue weighted by atomic mass is 35.5. The molecule has 1 aliphatic rings. The number of hydrogen-bond acceptors (Lipinski definition) is 5. The second-order valence-electron chi connectivity index (χ2n) is 9.27. The summed E-state index contributed by atoms with van der Waals surface area (Å²) in [6.45, 7) is 0.669. The van der Waals surface area contributed by atoms with Crippen LogP contribution in [0.4, 0.5) is 17.2 Å². The van der Waals surface area contributed by atoms with E-state index in [9.17, 15) is 9.90 Å². The van der Waals surface area contributed by atoms with Crippen LogP contribution in [-0.2, 0) is 11.2 Å². The van der Waals surface area contributed by atoms with Crippen LogP contribution in [0.15, 0.2) is 72.8 Å². The molecular formula is C29H27Cl2N3O3. The smallest absolute Gasteiger partial charge is 0.329 e. The van der Waals surface area contributed by atoms with E-state index in [-0.39, 0.29) is 0 Å². The Labute approximate surface area is 225 Å². The number of nitrogens with one attached hydrogen (secondary N) is 1. The van der Waals surface area contributed by atoms with Gasteiger partial charge < -0.3 is 20.1 Å². The molecule has 6 nitrogen and oxygen atoms in total. The third-order valence-corrected chi connectivity index (χ3v) is 7.58. The summed E-state index contributed by atoms with van der Waals surface area (Å²) in [5, 5.41) is 15.6. The number of halogens is 2. The van der Waals surface area contributed by atoms with Gasteiger partial charge in [-0.15, -0.1) is 0 Å². The number of rotatable bonds is 7. The summed E-state index contributed by atoms with van der Waals surface area (Å²) >= 11 is 12.6. The number of ether oxygens (including phenoxy) is 1. The van der Waals surface area contributed by atoms with E-state index < -0.39 is 11.5 Å². The quantitative estimate of drug-likeness (QED) is 0.257. The Kier molecular flexibility index (Phi) is 7.13. The summed E-state index contributed by atoms with van der Waals surface area (Å²) in [5.74, 6) is 0.305. The summed E-state index contributed by atoms with van der Waals surface area (Å²) in [6.07, 6.45) is 2.84. The molecule has 0 spiro atoms. The van der Waals surface area contributed by atoms with Crippen LogP contribution < -0.4 is 15.0 Å². The van der Waals surface area contributed by atoms with Crippen molar-refractivity contribution in [1.29, 1.82) is 0 Å². The molecule has 1 aliphatic heterocycles. The number of benzene rings is 3. The van der Waals surface area contributed by atoms with Gasteiger partial charge in [-0.05, 0) is 55.2 Å². The van der Waals surface area contributed by atoms with Gasteiger partial charge in [-0.1, -0.05) is 59.6 Å². The third kappa shape index (κ3) is 5.04. The highest BCUT2D eigenvalue weighted by Crippen LogP contribution is 2.38. The zero-order valence-electron chi connectivity index (χ0n) is 20.4. The fourth-order valence-electron chi connectivity index (χ4n) is 5.09. The molecule has 2 N–H and O–H groups in total. The van der Waals surface area contributed by atoms with Gasteiger partial charge in [-0.2, -0.15) is 0 Å². The number of fused-ring (bicyclic) bond motifs is 1. The first kappa shape index (κ1) is 25.2. The fourth-order valence-corrected chi connectivity index (χ4v) is 5.60. The van der Waals surface area contributed by atoms with Crippen molar-refractivity contribution in [3.63, 3.8) is 0 Å². The molecule has 1 fully saturated rings. The average molecular weight is 536 g/mol. The number of anilines is 3. The molecule has 0 bridgehead atoms. The molecule has 1 aromatic heterocycles. The lowest BCUT2D eigenvalue weighted by Crippen LogP contribution is -2.59. The minimum Gasteiger partial charge on any atom is -0.495 e. The predicted octanol–water partition coefficient (Wildman–Crippen LogP) is 7.35. The lowest BCUT2D eigenvalue weighted by molar-refractivity contribution is -0.144. The first-order valence-electron chi connectivity index (χ1n) is 12.2. The van der Waals surface area contributed by atoms with Crippen molar-refractivity contribution in [3.05, 3.63) is 88.4 Å². The molecule has 190 valence electrons. The van der Waals surface area contributed by atoms with Gasteiger partial charge in [0.1, 0.15) is 17.1 Å². The van der Waals surface area contributed by atoms with Crippen molar-refractivity contribution in [2.75, 3.05) is 23.9 Å². The summed E-state index contributed by atoms with van der Waals surface area (Å²) < 4.78 is 5.31. The number of aliphatic carboxylic acids is 1. The molecule has 0 saturated carbocycles. The van der Waals surface area contributed by atoms with Gasteiger partial charge in [0.15, 0.2) is 0 Å². The summed E-state index contributed by atoms with van der Waals surface area (Å²) in [6, 6.07) is 23.0. The molecule has 0 aliphatic carbocycles. The second-order valence-corrected chi connectivity index (χ2v) is 10.1. The molecule has 1 unspecified atom stereocenters. The van der Waals surface area contributed by atoms with Gasteiger partial charge in [0.2, 0.25) is 0 Å². The highest BCUT2D eigenvalue weighted by Gasteiger charge is 2.46. The number of piperidine rings is 1. The van der Waals surface area contributed by atoms with E-state index in [1.54, 1.807) is 19.2 Å². The Morgan fingerprint density at radius 2 is 1.84 bits per heavy atom. The second kappa shape index (κ2) is 10.5. The van der Waals surface area contributed by atoms with Crippen molar-refractivity contribution in [2.45, 2.75) is 31.2 Å². The van der Waals surface area contributed by atoms with E-state index in [0.717, 1.165) is 35.0 Å². The summed E-state index contributed by atoms with van der Waals surface area (Å²) in [5.41, 5.74) is 2.22. The maximum Gasteiger partial charge on any atom is 0.329 e. The van der Waals surface area contributed by atoms with Gasteiger partial charge in [0.25, 0.3) is 0 Å². The van der Waals surface area contributed by atoms with E-state index >= 15 is 0 Å². The largest absolute Gasteiger partial charge is 0.495 e. The van der Waals surface area contributed by atoms with Gasteiger partial charge >= 0.3 is 5.97 Å². The molecular weight excluding hydrogens is 509 g/mol. The number of carbonyl (C=O) groups is 1. The Hall–Kier alpha value is -3.48. The van der Waals surface area contributed by atoms with Crippen molar-refractivity contribution in [1.82, 2.24) is 4.98 Å². The maximum atomic E-state index is 12.8. The molecule has 8 heteroatoms. The van der Waals surface area contributed by atoms with Crippen LogP contribution in [0.1, 0.15) is 24.8 Å². The molecule has 1 saturated heterocycles. The molecule has 0 amide bonds. The summed E-state index contributed by atoms with van der Waals surface area (Å²) in [7, 11) is 1.55. The van der Waals surface area contributed by atoms with E-state index in [2.05, 4.69) is 5.32 Å². The van der Waals surface area contributed by atoms with Crippen LogP contribution in [0.25, 0.3) is 10.9 Å². The predicted molar refractivity (Wildman–Crippen MR) is 150 cm³/mol. The number of nitrogens with zero attached hydrogens (tertiary/aromatic N) is 2. The SMILES string of the molecule is COc1cc(Nc2ccc3ccc(N4CCCCC4(Cc4ccccc4)C(=O)O)cc3n2)c(Cl)cc1Cl. The Bertz CT molecular complexity index is 1450. The van der Waals surface area contributed by atoms with E-state index in [1.165, 1.54) is 0 Å². The minimum atomic E-state index is -1.02. The standard InChI is InChI=1S/C29H27Cl2N3O3/c1-37-26-17-25(22(30)16-23(26)31)33-27-12-10-20-9-11-21(15-24(20)32-27)34-14-6-5-13-29(34,28(35)36)18-19-7-3-2-4-8-19/h2-4,7-12,15-17H,5-6,13-14,18H2,1H3,(H,32,33)(H,35,36). The van der Waals surface area contributed by atoms with Gasteiger partial charge in [0, 0.05) is 30.1 Å². The Balaban J connectivity index is 1.50. The molecule has 1 atom stereocenters. The monoisotopic (exact) mass is 535 g/mol. The van der Waals surface area contributed by atoms with Crippen molar-refractivity contribution in [2.24, 2.45) is 0 Å². The fraction of sp³-hybridized carbons (Fsp3) is 0.241. The average Bonchev–Trinajstić information content (AvgIpc) is 2.90. The van der Waals surface area contributed by atoms with Crippen molar-refractivity contribution in [3.8, 4) is 5.75 Å². The van der Waals surface area contributed by atoms with Crippen LogP contribution in [0.3, 0.4) is 0 Å². The zero-order valence-corrected chi connectivity index (χ0v) is 21.9. The number of hydrogen-bond donors (Lipinski definition) is 2. The number of methoxy groups -OCH3 is 1. The highest BCUT2D eigenvalue weighted by molar-refractivity contribution is 6.37. The number of carboxylic acid groups (broad SMARTS) is 1. The van der Waals surface area contributed by atoms with Crippen LogP contribution in [0, 0.1) is 0 Å². The maximum absolute atomic E-state index is 12.8. The van der Waals surface area contributed by atoms with Crippen molar-refractivity contribution < 1.29 is 14.6 Å². The van der Waals surface area contributed by atoms with E-state index in [4.69, 9.17) is 32.9 Å². The molecule has 4 aromatic rings.